The summed E-state index contributed by atoms with van der Waals surface area (Å²) in [5.41, 5.74) is 1.07. The molecule has 0 amide bonds. The molecule has 4 nitrogen and oxygen atoms in total. The molecular weight excluding hydrogens is 298 g/mol. The van der Waals surface area contributed by atoms with Crippen molar-refractivity contribution in [1.29, 1.82) is 0 Å². The van der Waals surface area contributed by atoms with Gasteiger partial charge in [0.1, 0.15) is 5.75 Å². The first kappa shape index (κ1) is 13.4. The summed E-state index contributed by atoms with van der Waals surface area (Å²) < 4.78 is 6.29. The minimum absolute atomic E-state index is 0.151. The number of nitrogens with one attached hydrogen (secondary N) is 1. The van der Waals surface area contributed by atoms with Gasteiger partial charge in [-0.2, -0.15) is 0 Å². The van der Waals surface area contributed by atoms with Crippen LogP contribution in [0.15, 0.2) is 22.7 Å². The molecule has 1 aromatic carbocycles. The van der Waals surface area contributed by atoms with Crippen LogP contribution >= 0.6 is 15.9 Å². The Morgan fingerprint density at radius 3 is 3.00 bits per heavy atom. The number of halogens is 1. The van der Waals surface area contributed by atoms with Crippen LogP contribution in [-0.2, 0) is 11.3 Å². The van der Waals surface area contributed by atoms with Gasteiger partial charge in [-0.15, -0.1) is 0 Å². The molecule has 2 atom stereocenters. The van der Waals surface area contributed by atoms with Gasteiger partial charge in [0.2, 0.25) is 0 Å². The summed E-state index contributed by atoms with van der Waals surface area (Å²) in [5.74, 6) is 0.292. The predicted molar refractivity (Wildman–Crippen MR) is 71.6 cm³/mol. The summed E-state index contributed by atoms with van der Waals surface area (Å²) in [4.78, 5) is 10.7. The first-order valence-electron chi connectivity index (χ1n) is 5.87. The molecule has 2 N–H and O–H groups in total. The van der Waals surface area contributed by atoms with Crippen molar-refractivity contribution in [3.63, 3.8) is 0 Å². The van der Waals surface area contributed by atoms with Crippen molar-refractivity contribution in [2.24, 2.45) is 11.8 Å². The first-order chi connectivity index (χ1) is 8.61. The van der Waals surface area contributed by atoms with Crippen molar-refractivity contribution in [2.75, 3.05) is 13.7 Å². The van der Waals surface area contributed by atoms with E-state index in [4.69, 9.17) is 9.84 Å². The zero-order chi connectivity index (χ0) is 13.1. The van der Waals surface area contributed by atoms with Gasteiger partial charge in [0.25, 0.3) is 0 Å². The van der Waals surface area contributed by atoms with Gasteiger partial charge in [-0.25, -0.2) is 0 Å². The average molecular weight is 314 g/mol. The third kappa shape index (κ3) is 3.23. The second-order valence-corrected chi connectivity index (χ2v) is 5.44. The lowest BCUT2D eigenvalue weighted by Gasteiger charge is -2.10. The predicted octanol–water partition coefficient (Wildman–Crippen LogP) is 2.27. The van der Waals surface area contributed by atoms with Crippen LogP contribution in [0.25, 0.3) is 0 Å². The third-order valence-corrected chi connectivity index (χ3v) is 3.70. The Hall–Kier alpha value is -1.07. The molecule has 0 aromatic heterocycles. The van der Waals surface area contributed by atoms with E-state index in [2.05, 4.69) is 21.2 Å². The number of ether oxygens (including phenoxy) is 1. The van der Waals surface area contributed by atoms with Crippen molar-refractivity contribution in [1.82, 2.24) is 5.32 Å². The lowest BCUT2D eigenvalue weighted by molar-refractivity contribution is -0.138. The number of rotatable bonds is 6. The lowest BCUT2D eigenvalue weighted by atomic mass is 10.2. The number of carboxylic acids is 1. The zero-order valence-corrected chi connectivity index (χ0v) is 11.7. The fraction of sp³-hybridized carbons (Fsp3) is 0.462. The van der Waals surface area contributed by atoms with Gasteiger partial charge in [-0.1, -0.05) is 15.9 Å². The fourth-order valence-corrected chi connectivity index (χ4v) is 2.46. The Morgan fingerprint density at radius 2 is 2.39 bits per heavy atom. The molecule has 2 rings (SSSR count). The van der Waals surface area contributed by atoms with Crippen LogP contribution in [-0.4, -0.2) is 24.7 Å². The summed E-state index contributed by atoms with van der Waals surface area (Å²) >= 11 is 3.43. The minimum atomic E-state index is -0.679. The molecule has 18 heavy (non-hydrogen) atoms. The van der Waals surface area contributed by atoms with E-state index in [1.165, 1.54) is 0 Å². The lowest BCUT2D eigenvalue weighted by Crippen LogP contribution is -2.18. The maximum absolute atomic E-state index is 10.7. The minimum Gasteiger partial charge on any atom is -0.496 e. The monoisotopic (exact) mass is 313 g/mol. The highest BCUT2D eigenvalue weighted by atomic mass is 79.9. The number of hydrogen-bond acceptors (Lipinski definition) is 3. The molecule has 1 aliphatic rings. The van der Waals surface area contributed by atoms with E-state index >= 15 is 0 Å². The Morgan fingerprint density at radius 1 is 1.61 bits per heavy atom. The van der Waals surface area contributed by atoms with E-state index in [0.717, 1.165) is 28.8 Å². The third-order valence-electron chi connectivity index (χ3n) is 3.20. The summed E-state index contributed by atoms with van der Waals surface area (Å²) in [6, 6.07) is 5.86. The molecule has 0 bridgehead atoms. The molecule has 1 saturated carbocycles. The van der Waals surface area contributed by atoms with E-state index in [1.54, 1.807) is 7.11 Å². The van der Waals surface area contributed by atoms with Gasteiger partial charge in [0, 0.05) is 16.6 Å². The highest BCUT2D eigenvalue weighted by Crippen LogP contribution is 2.37. The number of carboxylic acid groups (broad SMARTS) is 1. The molecule has 0 radical (unpaired) electrons. The average Bonchev–Trinajstić information content (AvgIpc) is 3.09. The van der Waals surface area contributed by atoms with Crippen molar-refractivity contribution in [3.05, 3.63) is 28.2 Å². The van der Waals surface area contributed by atoms with Gasteiger partial charge >= 0.3 is 5.97 Å². The standard InChI is InChI=1S/C13H16BrNO3/c1-18-12-3-2-10(14)4-9(12)7-15-6-8-5-11(8)13(16)17/h2-4,8,11,15H,5-7H2,1H3,(H,16,17). The Kier molecular flexibility index (Phi) is 4.24. The van der Waals surface area contributed by atoms with E-state index in [1.807, 2.05) is 18.2 Å². The van der Waals surface area contributed by atoms with Crippen molar-refractivity contribution in [2.45, 2.75) is 13.0 Å². The molecular formula is C13H16BrNO3. The normalized spacial score (nSPS) is 21.7. The molecule has 0 spiro atoms. The van der Waals surface area contributed by atoms with Gasteiger partial charge in [-0.3, -0.25) is 4.79 Å². The first-order valence-corrected chi connectivity index (χ1v) is 6.67. The molecule has 0 saturated heterocycles. The Labute approximate surface area is 114 Å². The highest BCUT2D eigenvalue weighted by molar-refractivity contribution is 9.10. The molecule has 1 aliphatic carbocycles. The molecule has 1 aromatic rings. The van der Waals surface area contributed by atoms with Crippen LogP contribution < -0.4 is 10.1 Å². The van der Waals surface area contributed by atoms with Crippen LogP contribution in [0.4, 0.5) is 0 Å². The number of hydrogen-bond donors (Lipinski definition) is 2. The number of carbonyl (C=O) groups is 1. The van der Waals surface area contributed by atoms with Gasteiger partial charge in [-0.05, 0) is 37.1 Å². The van der Waals surface area contributed by atoms with E-state index in [0.29, 0.717) is 6.54 Å². The van der Waals surface area contributed by atoms with Crippen LogP contribution in [0, 0.1) is 11.8 Å². The van der Waals surface area contributed by atoms with Gasteiger partial charge in [0.05, 0.1) is 13.0 Å². The molecule has 0 heterocycles. The van der Waals surface area contributed by atoms with Gasteiger partial charge < -0.3 is 15.2 Å². The SMILES string of the molecule is COc1ccc(Br)cc1CNCC1CC1C(=O)O. The number of benzene rings is 1. The van der Waals surface area contributed by atoms with Crippen LogP contribution in [0.1, 0.15) is 12.0 Å². The van der Waals surface area contributed by atoms with Crippen molar-refractivity contribution >= 4 is 21.9 Å². The topological polar surface area (TPSA) is 58.6 Å². The number of aliphatic carboxylic acids is 1. The van der Waals surface area contributed by atoms with Crippen LogP contribution in [0.5, 0.6) is 5.75 Å². The van der Waals surface area contributed by atoms with Gasteiger partial charge in [0.15, 0.2) is 0 Å². The Balaban J connectivity index is 1.83. The molecule has 5 heteroatoms. The molecule has 98 valence electrons. The molecule has 2 unspecified atom stereocenters. The second-order valence-electron chi connectivity index (χ2n) is 4.53. The Bertz CT molecular complexity index is 450. The number of methoxy groups -OCH3 is 1. The van der Waals surface area contributed by atoms with Crippen molar-refractivity contribution in [3.8, 4) is 5.75 Å². The summed E-state index contributed by atoms with van der Waals surface area (Å²) in [5, 5.41) is 12.1. The largest absolute Gasteiger partial charge is 0.496 e. The highest BCUT2D eigenvalue weighted by Gasteiger charge is 2.42. The summed E-state index contributed by atoms with van der Waals surface area (Å²) in [6.45, 7) is 1.43. The van der Waals surface area contributed by atoms with E-state index in [-0.39, 0.29) is 11.8 Å². The summed E-state index contributed by atoms with van der Waals surface area (Å²) in [7, 11) is 1.65. The smallest absolute Gasteiger partial charge is 0.306 e. The second kappa shape index (κ2) is 5.71. The maximum atomic E-state index is 10.7. The zero-order valence-electron chi connectivity index (χ0n) is 10.1. The fourth-order valence-electron chi connectivity index (χ4n) is 2.05. The van der Waals surface area contributed by atoms with Crippen LogP contribution in [0.2, 0.25) is 0 Å². The van der Waals surface area contributed by atoms with E-state index < -0.39 is 5.97 Å². The summed E-state index contributed by atoms with van der Waals surface area (Å²) in [6.07, 6.45) is 0.790. The quantitative estimate of drug-likeness (QED) is 0.846. The van der Waals surface area contributed by atoms with E-state index in [9.17, 15) is 4.79 Å². The van der Waals surface area contributed by atoms with Crippen molar-refractivity contribution < 1.29 is 14.6 Å². The maximum Gasteiger partial charge on any atom is 0.306 e. The molecule has 1 fully saturated rings. The van der Waals surface area contributed by atoms with Crippen LogP contribution in [0.3, 0.4) is 0 Å². The molecule has 0 aliphatic heterocycles.